The van der Waals surface area contributed by atoms with Gasteiger partial charge in [-0.3, -0.25) is 9.48 Å². The van der Waals surface area contributed by atoms with Crippen molar-refractivity contribution in [3.63, 3.8) is 0 Å². The summed E-state index contributed by atoms with van der Waals surface area (Å²) in [6.07, 6.45) is 7.05. The summed E-state index contributed by atoms with van der Waals surface area (Å²) in [5.41, 5.74) is 5.00. The largest absolute Gasteiger partial charge is 0.487 e. The van der Waals surface area contributed by atoms with E-state index in [0.29, 0.717) is 24.1 Å². The number of ether oxygens (including phenoxy) is 1. The lowest BCUT2D eigenvalue weighted by atomic mass is 9.90. The van der Waals surface area contributed by atoms with Crippen LogP contribution < -0.4 is 4.74 Å². The summed E-state index contributed by atoms with van der Waals surface area (Å²) in [5.74, 6) is 0.551. The number of hydrogen-bond donors (Lipinski definition) is 0. The summed E-state index contributed by atoms with van der Waals surface area (Å²) >= 11 is 0. The second-order valence-corrected chi connectivity index (χ2v) is 6.79. The molecule has 0 saturated heterocycles. The van der Waals surface area contributed by atoms with Crippen LogP contribution in [0.2, 0.25) is 0 Å². The van der Waals surface area contributed by atoms with Crippen molar-refractivity contribution in [2.75, 3.05) is 6.61 Å². The van der Waals surface area contributed by atoms with Gasteiger partial charge in [0.15, 0.2) is 6.29 Å². The molecule has 1 aliphatic rings. The SMILES string of the molecule is Cc1ccc(OCC2=C(c3ccnn3C(C)C)CCCC2)c(C=O)n1. The molecule has 2 heterocycles. The zero-order valence-electron chi connectivity index (χ0n) is 15.2. The van der Waals surface area contributed by atoms with E-state index in [-0.39, 0.29) is 0 Å². The van der Waals surface area contributed by atoms with Gasteiger partial charge in [-0.05, 0) is 75.8 Å². The molecule has 5 heteroatoms. The van der Waals surface area contributed by atoms with Crippen molar-refractivity contribution in [3.05, 3.63) is 47.1 Å². The minimum atomic E-state index is 0.324. The van der Waals surface area contributed by atoms with Crippen LogP contribution in [0.3, 0.4) is 0 Å². The van der Waals surface area contributed by atoms with Crippen molar-refractivity contribution in [3.8, 4) is 5.75 Å². The lowest BCUT2D eigenvalue weighted by molar-refractivity contribution is 0.111. The smallest absolute Gasteiger partial charge is 0.172 e. The number of aromatic nitrogens is 3. The Labute approximate surface area is 148 Å². The van der Waals surface area contributed by atoms with Gasteiger partial charge in [-0.2, -0.15) is 5.10 Å². The molecule has 0 bridgehead atoms. The average Bonchev–Trinajstić information content (AvgIpc) is 3.10. The summed E-state index contributed by atoms with van der Waals surface area (Å²) < 4.78 is 8.04. The Morgan fingerprint density at radius 1 is 1.24 bits per heavy atom. The van der Waals surface area contributed by atoms with Crippen LogP contribution in [0.15, 0.2) is 30.0 Å². The zero-order chi connectivity index (χ0) is 17.8. The lowest BCUT2D eigenvalue weighted by Gasteiger charge is -2.23. The van der Waals surface area contributed by atoms with E-state index in [0.717, 1.165) is 24.8 Å². The van der Waals surface area contributed by atoms with Crippen LogP contribution in [-0.2, 0) is 0 Å². The fourth-order valence-corrected chi connectivity index (χ4v) is 3.34. The molecule has 0 radical (unpaired) electrons. The fourth-order valence-electron chi connectivity index (χ4n) is 3.34. The molecule has 0 aromatic carbocycles. The van der Waals surface area contributed by atoms with Gasteiger partial charge in [-0.25, -0.2) is 4.98 Å². The first kappa shape index (κ1) is 17.4. The predicted molar refractivity (Wildman–Crippen MR) is 97.9 cm³/mol. The highest BCUT2D eigenvalue weighted by atomic mass is 16.5. The van der Waals surface area contributed by atoms with Gasteiger partial charge in [-0.15, -0.1) is 0 Å². The van der Waals surface area contributed by atoms with Crippen molar-refractivity contribution in [2.45, 2.75) is 52.5 Å². The van der Waals surface area contributed by atoms with E-state index in [1.54, 1.807) is 0 Å². The molecular weight excluding hydrogens is 314 g/mol. The summed E-state index contributed by atoms with van der Waals surface area (Å²) in [6, 6.07) is 6.11. The number of aldehydes is 1. The first-order valence-corrected chi connectivity index (χ1v) is 8.90. The molecule has 0 atom stereocenters. The number of nitrogens with zero attached hydrogens (tertiary/aromatic N) is 3. The summed E-state index contributed by atoms with van der Waals surface area (Å²) in [7, 11) is 0. The maximum absolute atomic E-state index is 11.2. The molecule has 3 rings (SSSR count). The standard InChI is InChI=1S/C20H25N3O2/c1-14(2)23-19(10-11-21-23)17-7-5-4-6-16(17)13-25-20-9-8-15(3)22-18(20)12-24/h8-12,14H,4-7,13H2,1-3H3. The lowest BCUT2D eigenvalue weighted by Crippen LogP contribution is -2.13. The second-order valence-electron chi connectivity index (χ2n) is 6.79. The molecule has 0 spiro atoms. The molecule has 132 valence electrons. The van der Waals surface area contributed by atoms with Crippen LogP contribution in [0.1, 0.15) is 67.4 Å². The molecule has 5 nitrogen and oxygen atoms in total. The van der Waals surface area contributed by atoms with Crippen LogP contribution in [0.5, 0.6) is 5.75 Å². The van der Waals surface area contributed by atoms with Crippen LogP contribution in [0, 0.1) is 6.92 Å². The van der Waals surface area contributed by atoms with Crippen LogP contribution >= 0.6 is 0 Å². The van der Waals surface area contributed by atoms with E-state index in [9.17, 15) is 4.79 Å². The first-order chi connectivity index (χ1) is 12.1. The summed E-state index contributed by atoms with van der Waals surface area (Å²) in [6.45, 7) is 6.64. The van der Waals surface area contributed by atoms with Crippen molar-refractivity contribution in [2.24, 2.45) is 0 Å². The van der Waals surface area contributed by atoms with Crippen LogP contribution in [-0.4, -0.2) is 27.7 Å². The van der Waals surface area contributed by atoms with Gasteiger partial charge >= 0.3 is 0 Å². The Kier molecular flexibility index (Phi) is 5.31. The van der Waals surface area contributed by atoms with Gasteiger partial charge in [0.05, 0.1) is 5.69 Å². The minimum Gasteiger partial charge on any atom is -0.487 e. The highest BCUT2D eigenvalue weighted by Gasteiger charge is 2.19. The van der Waals surface area contributed by atoms with Crippen LogP contribution in [0.4, 0.5) is 0 Å². The molecule has 0 aliphatic heterocycles. The van der Waals surface area contributed by atoms with E-state index in [1.165, 1.54) is 29.7 Å². The van der Waals surface area contributed by atoms with E-state index >= 15 is 0 Å². The molecule has 0 saturated carbocycles. The highest BCUT2D eigenvalue weighted by molar-refractivity contribution is 5.76. The Morgan fingerprint density at radius 3 is 2.80 bits per heavy atom. The molecule has 2 aromatic rings. The third-order valence-corrected chi connectivity index (χ3v) is 4.59. The van der Waals surface area contributed by atoms with Crippen molar-refractivity contribution in [1.82, 2.24) is 14.8 Å². The highest BCUT2D eigenvalue weighted by Crippen LogP contribution is 2.33. The zero-order valence-corrected chi connectivity index (χ0v) is 15.2. The number of allylic oxidation sites excluding steroid dienone is 1. The molecule has 1 aliphatic carbocycles. The van der Waals surface area contributed by atoms with Gasteiger partial charge in [0, 0.05) is 17.9 Å². The van der Waals surface area contributed by atoms with Gasteiger partial charge in [-0.1, -0.05) is 0 Å². The third-order valence-electron chi connectivity index (χ3n) is 4.59. The van der Waals surface area contributed by atoms with E-state index < -0.39 is 0 Å². The van der Waals surface area contributed by atoms with E-state index in [2.05, 4.69) is 34.7 Å². The first-order valence-electron chi connectivity index (χ1n) is 8.90. The molecule has 25 heavy (non-hydrogen) atoms. The number of pyridine rings is 1. The average molecular weight is 339 g/mol. The minimum absolute atomic E-state index is 0.324. The number of carbonyl (C=O) groups is 1. The Bertz CT molecular complexity index is 790. The van der Waals surface area contributed by atoms with Gasteiger partial charge in [0.2, 0.25) is 0 Å². The predicted octanol–water partition coefficient (Wildman–Crippen LogP) is 4.39. The molecule has 0 N–H and O–H groups in total. The Hall–Kier alpha value is -2.43. The van der Waals surface area contributed by atoms with E-state index in [1.807, 2.05) is 25.3 Å². The summed E-state index contributed by atoms with van der Waals surface area (Å²) in [4.78, 5) is 15.5. The van der Waals surface area contributed by atoms with Crippen molar-refractivity contribution >= 4 is 11.9 Å². The van der Waals surface area contributed by atoms with Crippen molar-refractivity contribution < 1.29 is 9.53 Å². The quantitative estimate of drug-likeness (QED) is 0.733. The topological polar surface area (TPSA) is 57.0 Å². The number of aryl methyl sites for hydroxylation is 1. The molecule has 0 amide bonds. The summed E-state index contributed by atoms with van der Waals surface area (Å²) in [5, 5.41) is 4.47. The Morgan fingerprint density at radius 2 is 2.04 bits per heavy atom. The maximum atomic E-state index is 11.2. The molecular formula is C20H25N3O2. The van der Waals surface area contributed by atoms with Crippen LogP contribution in [0.25, 0.3) is 5.57 Å². The van der Waals surface area contributed by atoms with Gasteiger partial charge in [0.1, 0.15) is 18.1 Å². The Balaban J connectivity index is 1.87. The molecule has 0 fully saturated rings. The monoisotopic (exact) mass is 339 g/mol. The molecule has 0 unspecified atom stereocenters. The third kappa shape index (κ3) is 3.81. The number of hydrogen-bond acceptors (Lipinski definition) is 4. The maximum Gasteiger partial charge on any atom is 0.172 e. The van der Waals surface area contributed by atoms with E-state index in [4.69, 9.17) is 4.74 Å². The fraction of sp³-hybridized carbons (Fsp3) is 0.450. The number of carbonyl (C=O) groups excluding carboxylic acids is 1. The van der Waals surface area contributed by atoms with Gasteiger partial charge in [0.25, 0.3) is 0 Å². The van der Waals surface area contributed by atoms with Crippen molar-refractivity contribution in [1.29, 1.82) is 0 Å². The molecule has 2 aromatic heterocycles. The van der Waals surface area contributed by atoms with Gasteiger partial charge < -0.3 is 4.74 Å². The normalized spacial score (nSPS) is 14.9. The number of rotatable bonds is 6. The second kappa shape index (κ2) is 7.64.